The number of hydrogen-bond donors (Lipinski definition) is 1. The summed E-state index contributed by atoms with van der Waals surface area (Å²) >= 11 is 19.2. The minimum absolute atomic E-state index is 0.270. The molecule has 2 rings (SSSR count). The minimum atomic E-state index is -1.46. The maximum Gasteiger partial charge on any atom is 0.248 e. The van der Waals surface area contributed by atoms with E-state index < -0.39 is 12.2 Å². The van der Waals surface area contributed by atoms with Crippen LogP contribution in [0.15, 0.2) is 12.1 Å². The topological polar surface area (TPSA) is 35.6 Å². The molecule has 1 fully saturated rings. The van der Waals surface area contributed by atoms with Crippen molar-refractivity contribution in [3.05, 3.63) is 27.7 Å². The summed E-state index contributed by atoms with van der Waals surface area (Å²) in [6.07, 6.45) is -1.46. The second-order valence-electron chi connectivity index (χ2n) is 4.87. The second kappa shape index (κ2) is 8.12. The average molecular weight is 401 g/mol. The van der Waals surface area contributed by atoms with Gasteiger partial charge in [0.1, 0.15) is 5.92 Å². The van der Waals surface area contributed by atoms with Gasteiger partial charge in [0.15, 0.2) is 6.30 Å². The average Bonchev–Trinajstić information content (AvgIpc) is 2.76. The Morgan fingerprint density at radius 3 is 2.48 bits per heavy atom. The van der Waals surface area contributed by atoms with Crippen LogP contribution in [0.2, 0.25) is 10.0 Å². The number of nitrogens with one attached hydrogen (secondary N) is 1. The summed E-state index contributed by atoms with van der Waals surface area (Å²) in [5.74, 6) is -1.27. The lowest BCUT2D eigenvalue weighted by Crippen LogP contribution is -2.40. The van der Waals surface area contributed by atoms with Crippen LogP contribution in [0.3, 0.4) is 0 Å². The first-order valence-electron chi connectivity index (χ1n) is 7.10. The van der Waals surface area contributed by atoms with E-state index in [-0.39, 0.29) is 10.9 Å². The summed E-state index contributed by atoms with van der Waals surface area (Å²) in [7, 11) is 0. The van der Waals surface area contributed by atoms with Crippen molar-refractivity contribution in [1.29, 1.82) is 0 Å². The van der Waals surface area contributed by atoms with Crippen LogP contribution in [0.4, 0.5) is 10.1 Å². The molecule has 1 aliphatic rings. The van der Waals surface area contributed by atoms with Gasteiger partial charge < -0.3 is 4.72 Å². The van der Waals surface area contributed by atoms with Crippen molar-refractivity contribution in [3.8, 4) is 0 Å². The third-order valence-electron chi connectivity index (χ3n) is 3.67. The molecule has 0 aromatic heterocycles. The van der Waals surface area contributed by atoms with Gasteiger partial charge in [-0.1, -0.05) is 30.1 Å². The van der Waals surface area contributed by atoms with Crippen molar-refractivity contribution in [1.82, 2.24) is 10.0 Å². The summed E-state index contributed by atoms with van der Waals surface area (Å²) in [6, 6.07) is 3.13. The quantitative estimate of drug-likeness (QED) is 0.425. The molecule has 128 valence electrons. The maximum absolute atomic E-state index is 14.8. The number of likely N-dealkylation sites (N-methyl/N-ethyl adjacent to an activating group) is 2. The molecule has 1 aliphatic heterocycles. The van der Waals surface area contributed by atoms with Gasteiger partial charge in [-0.3, -0.25) is 9.80 Å². The first kappa shape index (κ1) is 18.9. The highest BCUT2D eigenvalue weighted by Crippen LogP contribution is 2.41. The Kier molecular flexibility index (Phi) is 6.68. The molecule has 23 heavy (non-hydrogen) atoms. The highest BCUT2D eigenvalue weighted by molar-refractivity contribution is 8.01. The standard InChI is InChI=1S/C14H17Cl3FN3OS/c1-3-20-13(18)12(14(22)21(20)4-2)8-5-11(19-23-7-15)10(17)6-9(8)16/h5-6,12-13,19H,3-4,7H2,1-2H3. The number of carbonyl (C=O) groups is 1. The summed E-state index contributed by atoms with van der Waals surface area (Å²) in [6.45, 7) is 4.42. The van der Waals surface area contributed by atoms with Crippen molar-refractivity contribution in [3.63, 3.8) is 0 Å². The number of benzene rings is 1. The molecule has 2 unspecified atom stereocenters. The zero-order valence-electron chi connectivity index (χ0n) is 12.7. The molecule has 1 N–H and O–H groups in total. The van der Waals surface area contributed by atoms with Crippen LogP contribution in [-0.2, 0) is 4.79 Å². The van der Waals surface area contributed by atoms with Gasteiger partial charge in [-0.25, -0.2) is 4.39 Å². The van der Waals surface area contributed by atoms with Gasteiger partial charge in [0.25, 0.3) is 0 Å². The van der Waals surface area contributed by atoms with E-state index in [1.807, 2.05) is 6.92 Å². The number of rotatable bonds is 6. The Morgan fingerprint density at radius 1 is 1.26 bits per heavy atom. The molecule has 9 heteroatoms. The van der Waals surface area contributed by atoms with Gasteiger partial charge in [0.05, 0.1) is 15.9 Å². The van der Waals surface area contributed by atoms with Gasteiger partial charge in [0.2, 0.25) is 5.91 Å². The predicted octanol–water partition coefficient (Wildman–Crippen LogP) is 4.73. The van der Waals surface area contributed by atoms with Gasteiger partial charge >= 0.3 is 0 Å². The molecule has 1 amide bonds. The molecule has 1 heterocycles. The smallest absolute Gasteiger partial charge is 0.248 e. The fourth-order valence-corrected chi connectivity index (χ4v) is 3.81. The highest BCUT2D eigenvalue weighted by Gasteiger charge is 2.47. The molecule has 0 radical (unpaired) electrons. The fourth-order valence-electron chi connectivity index (χ4n) is 2.66. The molecule has 0 spiro atoms. The molecule has 1 saturated heterocycles. The van der Waals surface area contributed by atoms with Crippen molar-refractivity contribution in [2.45, 2.75) is 26.1 Å². The molecule has 1 aromatic rings. The second-order valence-corrected chi connectivity index (χ2v) is 7.05. The van der Waals surface area contributed by atoms with Crippen LogP contribution < -0.4 is 4.72 Å². The van der Waals surface area contributed by atoms with Crippen molar-refractivity contribution < 1.29 is 9.18 Å². The number of hydrazine groups is 1. The molecule has 0 aliphatic carbocycles. The molecule has 4 nitrogen and oxygen atoms in total. The van der Waals surface area contributed by atoms with Gasteiger partial charge in [-0.05, 0) is 36.6 Å². The molecule has 2 atom stereocenters. The highest BCUT2D eigenvalue weighted by atomic mass is 35.5. The summed E-state index contributed by atoms with van der Waals surface area (Å²) < 4.78 is 17.8. The van der Waals surface area contributed by atoms with E-state index in [1.165, 1.54) is 28.0 Å². The number of anilines is 1. The van der Waals surface area contributed by atoms with E-state index in [0.717, 1.165) is 0 Å². The molecular formula is C14H17Cl3FN3OS. The van der Waals surface area contributed by atoms with Crippen LogP contribution in [0, 0.1) is 0 Å². The number of halogens is 4. The zero-order valence-corrected chi connectivity index (χ0v) is 15.7. The molecule has 1 aromatic carbocycles. The Morgan fingerprint density at radius 2 is 1.96 bits per heavy atom. The molecular weight excluding hydrogens is 384 g/mol. The van der Waals surface area contributed by atoms with Gasteiger partial charge in [-0.2, -0.15) is 5.01 Å². The van der Waals surface area contributed by atoms with E-state index in [0.29, 0.717) is 34.6 Å². The maximum atomic E-state index is 14.8. The van der Waals surface area contributed by atoms with Crippen LogP contribution >= 0.6 is 46.8 Å². The number of carbonyl (C=O) groups excluding carboxylic acids is 1. The van der Waals surface area contributed by atoms with E-state index in [4.69, 9.17) is 34.8 Å². The Labute approximate surface area is 154 Å². The summed E-state index contributed by atoms with van der Waals surface area (Å²) in [5.41, 5.74) is 0.968. The van der Waals surface area contributed by atoms with Crippen LogP contribution in [0.5, 0.6) is 0 Å². The Balaban J connectivity index is 2.42. The number of nitrogens with zero attached hydrogens (tertiary/aromatic N) is 2. The predicted molar refractivity (Wildman–Crippen MR) is 95.8 cm³/mol. The molecule has 0 saturated carbocycles. The Hall–Kier alpha value is -0.400. The molecule has 0 bridgehead atoms. The van der Waals surface area contributed by atoms with Crippen molar-refractivity contribution in [2.75, 3.05) is 23.0 Å². The van der Waals surface area contributed by atoms with Crippen molar-refractivity contribution >= 4 is 58.3 Å². The van der Waals surface area contributed by atoms with Crippen LogP contribution in [0.1, 0.15) is 25.3 Å². The van der Waals surface area contributed by atoms with Crippen LogP contribution in [0.25, 0.3) is 0 Å². The lowest BCUT2D eigenvalue weighted by atomic mass is 9.97. The summed E-state index contributed by atoms with van der Waals surface area (Å²) in [5, 5.41) is 3.80. The Bertz CT molecular complexity index is 593. The normalized spacial score (nSPS) is 22.0. The van der Waals surface area contributed by atoms with Crippen LogP contribution in [-0.4, -0.2) is 40.5 Å². The third-order valence-corrected chi connectivity index (χ3v) is 5.11. The fraction of sp³-hybridized carbons (Fsp3) is 0.500. The largest absolute Gasteiger partial charge is 0.327 e. The first-order valence-corrected chi connectivity index (χ1v) is 9.38. The number of hydrogen-bond acceptors (Lipinski definition) is 4. The monoisotopic (exact) mass is 399 g/mol. The third kappa shape index (κ3) is 3.66. The summed E-state index contributed by atoms with van der Waals surface area (Å²) in [4.78, 5) is 12.6. The number of alkyl halides is 2. The van der Waals surface area contributed by atoms with E-state index >= 15 is 0 Å². The first-order chi connectivity index (χ1) is 11.0. The van der Waals surface area contributed by atoms with E-state index in [1.54, 1.807) is 13.0 Å². The number of amides is 1. The van der Waals surface area contributed by atoms with Crippen molar-refractivity contribution in [2.24, 2.45) is 0 Å². The van der Waals surface area contributed by atoms with E-state index in [9.17, 15) is 9.18 Å². The lowest BCUT2D eigenvalue weighted by molar-refractivity contribution is -0.140. The lowest BCUT2D eigenvalue weighted by Gasteiger charge is -2.26. The van der Waals surface area contributed by atoms with Gasteiger partial charge in [0, 0.05) is 18.1 Å². The zero-order chi connectivity index (χ0) is 17.1. The SMILES string of the molecule is CCN1C(=O)C(c2cc(NSCCl)c(Cl)cc2Cl)C(F)N1CC. The minimum Gasteiger partial charge on any atom is -0.327 e. The van der Waals surface area contributed by atoms with Gasteiger partial charge in [-0.15, -0.1) is 11.6 Å². The van der Waals surface area contributed by atoms with E-state index in [2.05, 4.69) is 4.72 Å².